The van der Waals surface area contributed by atoms with Crippen LogP contribution in [0.1, 0.15) is 44.7 Å². The fraction of sp³-hybridized carbons (Fsp3) is 0.421. The SMILES string of the molecule is C=C(C)c1cccc(C(C)(C)NC(=O)NCC(=O)CCC(=O)OC)c1. The lowest BCUT2D eigenvalue weighted by atomic mass is 9.92. The van der Waals surface area contributed by atoms with E-state index in [0.717, 1.165) is 16.7 Å². The van der Waals surface area contributed by atoms with Crippen molar-refractivity contribution in [1.29, 1.82) is 0 Å². The molecule has 6 heteroatoms. The van der Waals surface area contributed by atoms with Crippen molar-refractivity contribution in [3.05, 3.63) is 42.0 Å². The van der Waals surface area contributed by atoms with E-state index in [4.69, 9.17) is 0 Å². The molecule has 2 amide bonds. The third kappa shape index (κ3) is 6.79. The highest BCUT2D eigenvalue weighted by atomic mass is 16.5. The normalized spacial score (nSPS) is 10.7. The molecule has 0 saturated heterocycles. The summed E-state index contributed by atoms with van der Waals surface area (Å²) >= 11 is 0. The van der Waals surface area contributed by atoms with E-state index in [-0.39, 0.29) is 25.2 Å². The van der Waals surface area contributed by atoms with Crippen molar-refractivity contribution < 1.29 is 19.1 Å². The average Bonchev–Trinajstić information content (AvgIpc) is 2.57. The molecule has 0 spiro atoms. The van der Waals surface area contributed by atoms with Crippen LogP contribution in [0.3, 0.4) is 0 Å². The number of ether oxygens (including phenoxy) is 1. The van der Waals surface area contributed by atoms with Crippen molar-refractivity contribution in [2.75, 3.05) is 13.7 Å². The van der Waals surface area contributed by atoms with Crippen molar-refractivity contribution in [1.82, 2.24) is 10.6 Å². The highest BCUT2D eigenvalue weighted by molar-refractivity contribution is 5.87. The largest absolute Gasteiger partial charge is 0.469 e. The Labute approximate surface area is 148 Å². The number of hydrogen-bond acceptors (Lipinski definition) is 4. The van der Waals surface area contributed by atoms with Gasteiger partial charge in [-0.1, -0.05) is 30.4 Å². The highest BCUT2D eigenvalue weighted by Crippen LogP contribution is 2.23. The van der Waals surface area contributed by atoms with Crippen LogP contribution in [-0.4, -0.2) is 31.4 Å². The first kappa shape index (κ1) is 20.4. The molecule has 0 bridgehead atoms. The topological polar surface area (TPSA) is 84.5 Å². The molecule has 0 heterocycles. The molecule has 0 atom stereocenters. The minimum atomic E-state index is -0.620. The van der Waals surface area contributed by atoms with Gasteiger partial charge in [-0.15, -0.1) is 0 Å². The van der Waals surface area contributed by atoms with Crippen LogP contribution >= 0.6 is 0 Å². The number of nitrogens with one attached hydrogen (secondary N) is 2. The zero-order chi connectivity index (χ0) is 19.0. The van der Waals surface area contributed by atoms with E-state index in [0.29, 0.717) is 0 Å². The van der Waals surface area contributed by atoms with Gasteiger partial charge in [-0.05, 0) is 38.0 Å². The minimum absolute atomic E-state index is 0.0117. The van der Waals surface area contributed by atoms with Crippen LogP contribution in [0, 0.1) is 0 Å². The molecule has 1 rings (SSSR count). The lowest BCUT2D eigenvalue weighted by molar-refractivity contribution is -0.141. The molecular formula is C19H26N2O4. The summed E-state index contributed by atoms with van der Waals surface area (Å²) in [6.45, 7) is 9.47. The zero-order valence-corrected chi connectivity index (χ0v) is 15.3. The van der Waals surface area contributed by atoms with Crippen molar-refractivity contribution in [2.24, 2.45) is 0 Å². The second-order valence-corrected chi connectivity index (χ2v) is 6.41. The predicted molar refractivity (Wildman–Crippen MR) is 97.0 cm³/mol. The summed E-state index contributed by atoms with van der Waals surface area (Å²) in [5, 5.41) is 5.36. The number of esters is 1. The van der Waals surface area contributed by atoms with Crippen molar-refractivity contribution in [3.8, 4) is 0 Å². The van der Waals surface area contributed by atoms with E-state index in [1.807, 2.05) is 45.0 Å². The predicted octanol–water partition coefficient (Wildman–Crippen LogP) is 2.78. The summed E-state index contributed by atoms with van der Waals surface area (Å²) in [7, 11) is 1.27. The maximum atomic E-state index is 12.1. The molecule has 2 N–H and O–H groups in total. The van der Waals surface area contributed by atoms with Gasteiger partial charge in [0.2, 0.25) is 0 Å². The smallest absolute Gasteiger partial charge is 0.315 e. The molecule has 6 nitrogen and oxygen atoms in total. The molecule has 0 aliphatic rings. The van der Waals surface area contributed by atoms with Crippen LogP contribution in [0.5, 0.6) is 0 Å². The first-order chi connectivity index (χ1) is 11.7. The van der Waals surface area contributed by atoms with E-state index < -0.39 is 17.5 Å². The molecular weight excluding hydrogens is 320 g/mol. The van der Waals surface area contributed by atoms with Gasteiger partial charge in [0.1, 0.15) is 0 Å². The molecule has 0 aliphatic carbocycles. The number of urea groups is 1. The number of hydrogen-bond donors (Lipinski definition) is 2. The zero-order valence-electron chi connectivity index (χ0n) is 15.3. The van der Waals surface area contributed by atoms with E-state index in [2.05, 4.69) is 21.9 Å². The maximum absolute atomic E-state index is 12.1. The Bertz CT molecular complexity index is 665. The third-order valence-electron chi connectivity index (χ3n) is 3.78. The molecule has 0 aromatic heterocycles. The monoisotopic (exact) mass is 346 g/mol. The summed E-state index contributed by atoms with van der Waals surface area (Å²) in [6.07, 6.45) is 0.0504. The third-order valence-corrected chi connectivity index (χ3v) is 3.78. The van der Waals surface area contributed by atoms with Gasteiger partial charge in [-0.2, -0.15) is 0 Å². The van der Waals surface area contributed by atoms with Gasteiger partial charge in [0.05, 0.1) is 25.6 Å². The molecule has 0 radical (unpaired) electrons. The lowest BCUT2D eigenvalue weighted by Crippen LogP contribution is -2.47. The van der Waals surface area contributed by atoms with E-state index in [1.54, 1.807) is 0 Å². The molecule has 0 aliphatic heterocycles. The molecule has 1 aromatic carbocycles. The Balaban J connectivity index is 2.57. The number of benzene rings is 1. The van der Waals surface area contributed by atoms with Gasteiger partial charge in [-0.25, -0.2) is 4.79 Å². The Morgan fingerprint density at radius 3 is 2.48 bits per heavy atom. The van der Waals surface area contributed by atoms with Crippen molar-refractivity contribution >= 4 is 23.4 Å². The van der Waals surface area contributed by atoms with E-state index in [9.17, 15) is 14.4 Å². The Hall–Kier alpha value is -2.63. The minimum Gasteiger partial charge on any atom is -0.469 e. The first-order valence-electron chi connectivity index (χ1n) is 8.06. The summed E-state index contributed by atoms with van der Waals surface area (Å²) in [6, 6.07) is 7.33. The number of carbonyl (C=O) groups is 3. The number of methoxy groups -OCH3 is 1. The van der Waals surface area contributed by atoms with Crippen molar-refractivity contribution in [2.45, 2.75) is 39.2 Å². The standard InChI is InChI=1S/C19H26N2O4/c1-13(2)14-7-6-8-15(11-14)19(3,4)21-18(24)20-12-16(22)9-10-17(23)25-5/h6-8,11H,1,9-10,12H2,2-5H3,(H2,20,21,24). The maximum Gasteiger partial charge on any atom is 0.315 e. The number of rotatable bonds is 8. The first-order valence-corrected chi connectivity index (χ1v) is 8.06. The van der Waals surface area contributed by atoms with Gasteiger partial charge in [-0.3, -0.25) is 9.59 Å². The van der Waals surface area contributed by atoms with Crippen LogP contribution in [0.2, 0.25) is 0 Å². The molecule has 0 saturated carbocycles. The molecule has 0 unspecified atom stereocenters. The Kier molecular flexibility index (Phi) is 7.36. The molecule has 136 valence electrons. The summed E-state index contributed by atoms with van der Waals surface area (Å²) in [5.74, 6) is -0.682. The van der Waals surface area contributed by atoms with Gasteiger partial charge in [0, 0.05) is 6.42 Å². The van der Waals surface area contributed by atoms with Gasteiger partial charge in [0.25, 0.3) is 0 Å². The number of ketones is 1. The van der Waals surface area contributed by atoms with E-state index >= 15 is 0 Å². The molecule has 25 heavy (non-hydrogen) atoms. The second kappa shape index (κ2) is 9.01. The highest BCUT2D eigenvalue weighted by Gasteiger charge is 2.23. The Morgan fingerprint density at radius 2 is 1.88 bits per heavy atom. The number of allylic oxidation sites excluding steroid dienone is 1. The summed E-state index contributed by atoms with van der Waals surface area (Å²) in [4.78, 5) is 34.7. The number of carbonyl (C=O) groups excluding carboxylic acids is 3. The summed E-state index contributed by atoms with van der Waals surface area (Å²) in [5.41, 5.74) is 2.26. The van der Waals surface area contributed by atoms with Crippen LogP contribution in [0.25, 0.3) is 5.57 Å². The Morgan fingerprint density at radius 1 is 1.20 bits per heavy atom. The molecule has 0 fully saturated rings. The van der Waals surface area contributed by atoms with Crippen molar-refractivity contribution in [3.63, 3.8) is 0 Å². The second-order valence-electron chi connectivity index (χ2n) is 6.41. The lowest BCUT2D eigenvalue weighted by Gasteiger charge is -2.27. The van der Waals surface area contributed by atoms with Gasteiger partial charge >= 0.3 is 12.0 Å². The number of Topliss-reactive ketones (excluding diaryl/α,β-unsaturated/α-hetero) is 1. The van der Waals surface area contributed by atoms with Crippen LogP contribution < -0.4 is 10.6 Å². The fourth-order valence-corrected chi connectivity index (χ4v) is 2.18. The fourth-order valence-electron chi connectivity index (χ4n) is 2.18. The van der Waals surface area contributed by atoms with Crippen LogP contribution in [-0.2, 0) is 19.9 Å². The molecule has 1 aromatic rings. The quantitative estimate of drug-likeness (QED) is 0.709. The van der Waals surface area contributed by atoms with Crippen LogP contribution in [0.15, 0.2) is 30.8 Å². The van der Waals surface area contributed by atoms with Gasteiger partial charge in [0.15, 0.2) is 5.78 Å². The van der Waals surface area contributed by atoms with Gasteiger partial charge < -0.3 is 15.4 Å². The summed E-state index contributed by atoms with van der Waals surface area (Å²) < 4.78 is 4.47. The van der Waals surface area contributed by atoms with Crippen LogP contribution in [0.4, 0.5) is 4.79 Å². The number of amides is 2. The van der Waals surface area contributed by atoms with E-state index in [1.165, 1.54) is 7.11 Å². The average molecular weight is 346 g/mol.